The summed E-state index contributed by atoms with van der Waals surface area (Å²) < 4.78 is 0. The van der Waals surface area contributed by atoms with E-state index < -0.39 is 0 Å². The van der Waals surface area contributed by atoms with Crippen molar-refractivity contribution in [3.8, 4) is 6.07 Å². The van der Waals surface area contributed by atoms with Gasteiger partial charge in [0.15, 0.2) is 0 Å². The summed E-state index contributed by atoms with van der Waals surface area (Å²) in [6, 6.07) is 2.07. The summed E-state index contributed by atoms with van der Waals surface area (Å²) in [6.45, 7) is 0. The Labute approximate surface area is 52.4 Å². The fourth-order valence-corrected chi connectivity index (χ4v) is 1.59. The van der Waals surface area contributed by atoms with Crippen molar-refractivity contribution in [2.75, 3.05) is 5.75 Å². The van der Waals surface area contributed by atoms with Gasteiger partial charge in [-0.25, -0.2) is 0 Å². The molecule has 0 saturated carbocycles. The molecule has 0 amide bonds. The van der Waals surface area contributed by atoms with Gasteiger partial charge in [0, 0.05) is 5.75 Å². The molecule has 42 valence electrons. The summed E-state index contributed by atoms with van der Waals surface area (Å²) in [5, 5.41) is 16.0. The first-order valence-corrected chi connectivity index (χ1v) is 3.44. The van der Waals surface area contributed by atoms with Crippen LogP contribution in [0.3, 0.4) is 0 Å². The fourth-order valence-electron chi connectivity index (χ4n) is 0.642. The molecule has 1 aliphatic rings. The van der Waals surface area contributed by atoms with Crippen LogP contribution in [0.4, 0.5) is 0 Å². The molecule has 0 aromatic heterocycles. The number of hydrogen-bond donors (Lipinski definition) is 1. The largest absolute Gasteiger partial charge is 0.297 e. The Bertz CT molecular complexity index is 147. The van der Waals surface area contributed by atoms with Crippen LogP contribution >= 0.6 is 11.8 Å². The first-order valence-electron chi connectivity index (χ1n) is 2.45. The second-order valence-corrected chi connectivity index (χ2v) is 2.82. The molecule has 1 saturated heterocycles. The van der Waals surface area contributed by atoms with Crippen LogP contribution in [0.2, 0.25) is 0 Å². The predicted molar refractivity (Wildman–Crippen MR) is 33.9 cm³/mol. The van der Waals surface area contributed by atoms with E-state index in [1.165, 1.54) is 11.8 Å². The average Bonchev–Trinajstić information content (AvgIpc) is 2.14. The molecule has 1 unspecified atom stereocenters. The van der Waals surface area contributed by atoms with Crippen molar-refractivity contribution in [2.24, 2.45) is 5.92 Å². The zero-order chi connectivity index (χ0) is 5.98. The smallest absolute Gasteiger partial charge is 0.0946 e. The molecular formula is C5H6N2S. The van der Waals surface area contributed by atoms with E-state index in [-0.39, 0.29) is 5.92 Å². The van der Waals surface area contributed by atoms with Crippen LogP contribution < -0.4 is 0 Å². The molecule has 1 aliphatic heterocycles. The van der Waals surface area contributed by atoms with Crippen molar-refractivity contribution < 1.29 is 0 Å². The molecule has 0 aliphatic carbocycles. The van der Waals surface area contributed by atoms with Crippen LogP contribution in [-0.2, 0) is 0 Å². The highest BCUT2D eigenvalue weighted by Gasteiger charge is 2.20. The van der Waals surface area contributed by atoms with Gasteiger partial charge in [-0.05, 0) is 6.42 Å². The highest BCUT2D eigenvalue weighted by atomic mass is 32.2. The molecule has 1 atom stereocenters. The van der Waals surface area contributed by atoms with E-state index in [0.29, 0.717) is 5.04 Å². The number of thioether (sulfide) groups is 1. The van der Waals surface area contributed by atoms with Gasteiger partial charge < -0.3 is 0 Å². The molecule has 8 heavy (non-hydrogen) atoms. The van der Waals surface area contributed by atoms with Gasteiger partial charge in [-0.1, -0.05) is 0 Å². The summed E-state index contributed by atoms with van der Waals surface area (Å²) in [4.78, 5) is 0. The second-order valence-electron chi connectivity index (χ2n) is 1.68. The van der Waals surface area contributed by atoms with Crippen molar-refractivity contribution in [3.05, 3.63) is 0 Å². The highest BCUT2D eigenvalue weighted by Crippen LogP contribution is 2.24. The Hall–Kier alpha value is -0.490. The second kappa shape index (κ2) is 2.19. The van der Waals surface area contributed by atoms with Crippen molar-refractivity contribution in [3.63, 3.8) is 0 Å². The molecule has 0 bridgehead atoms. The molecule has 2 nitrogen and oxygen atoms in total. The summed E-state index contributed by atoms with van der Waals surface area (Å²) in [6.07, 6.45) is 0.875. The molecule has 1 fully saturated rings. The molecule has 0 aromatic carbocycles. The lowest BCUT2D eigenvalue weighted by atomic mass is 10.1. The fraction of sp³-hybridized carbons (Fsp3) is 0.600. The van der Waals surface area contributed by atoms with Crippen molar-refractivity contribution in [2.45, 2.75) is 6.42 Å². The SMILES string of the molecule is N#CC1CCSC1=N. The van der Waals surface area contributed by atoms with E-state index in [0.717, 1.165) is 12.2 Å². The molecule has 1 heterocycles. The van der Waals surface area contributed by atoms with E-state index in [1.54, 1.807) is 0 Å². The first kappa shape index (κ1) is 5.64. The van der Waals surface area contributed by atoms with Crippen LogP contribution in [0, 0.1) is 22.7 Å². The summed E-state index contributed by atoms with van der Waals surface area (Å²) >= 11 is 1.49. The van der Waals surface area contributed by atoms with Gasteiger partial charge in [0.1, 0.15) is 0 Å². The number of nitriles is 1. The number of rotatable bonds is 0. The molecule has 0 radical (unpaired) electrons. The lowest BCUT2D eigenvalue weighted by molar-refractivity contribution is 0.866. The predicted octanol–water partition coefficient (Wildman–Crippen LogP) is 1.24. The van der Waals surface area contributed by atoms with E-state index in [1.807, 2.05) is 0 Å². The van der Waals surface area contributed by atoms with Gasteiger partial charge in [0.05, 0.1) is 17.0 Å². The lowest BCUT2D eigenvalue weighted by Gasteiger charge is -1.90. The minimum Gasteiger partial charge on any atom is -0.297 e. The van der Waals surface area contributed by atoms with Crippen LogP contribution in [0.5, 0.6) is 0 Å². The van der Waals surface area contributed by atoms with Gasteiger partial charge >= 0.3 is 0 Å². The molecule has 0 spiro atoms. The zero-order valence-corrected chi connectivity index (χ0v) is 5.16. The minimum atomic E-state index is -0.0833. The average molecular weight is 126 g/mol. The monoisotopic (exact) mass is 126 g/mol. The highest BCUT2D eigenvalue weighted by molar-refractivity contribution is 8.14. The van der Waals surface area contributed by atoms with Crippen LogP contribution in [0.1, 0.15) is 6.42 Å². The van der Waals surface area contributed by atoms with Gasteiger partial charge in [-0.3, -0.25) is 5.41 Å². The lowest BCUT2D eigenvalue weighted by Crippen LogP contribution is -1.97. The minimum absolute atomic E-state index is 0.0833. The molecule has 1 N–H and O–H groups in total. The molecule has 0 aromatic rings. The Balaban J connectivity index is 2.58. The van der Waals surface area contributed by atoms with E-state index in [4.69, 9.17) is 10.7 Å². The molecule has 1 rings (SSSR count). The number of hydrogen-bond acceptors (Lipinski definition) is 3. The first-order chi connectivity index (χ1) is 3.84. The third-order valence-corrected chi connectivity index (χ3v) is 2.17. The van der Waals surface area contributed by atoms with Crippen molar-refractivity contribution in [1.82, 2.24) is 0 Å². The number of nitrogens with one attached hydrogen (secondary N) is 1. The maximum Gasteiger partial charge on any atom is 0.0946 e. The topological polar surface area (TPSA) is 47.6 Å². The van der Waals surface area contributed by atoms with Crippen molar-refractivity contribution >= 4 is 16.8 Å². The van der Waals surface area contributed by atoms with Gasteiger partial charge in [-0.15, -0.1) is 11.8 Å². The van der Waals surface area contributed by atoms with Crippen LogP contribution in [-0.4, -0.2) is 10.8 Å². The Morgan fingerprint density at radius 3 is 2.88 bits per heavy atom. The Morgan fingerprint density at radius 2 is 2.62 bits per heavy atom. The number of nitrogens with zero attached hydrogens (tertiary/aromatic N) is 1. The molecular weight excluding hydrogens is 120 g/mol. The summed E-state index contributed by atoms with van der Waals surface area (Å²) in [5.74, 6) is 0.872. The van der Waals surface area contributed by atoms with Gasteiger partial charge in [0.25, 0.3) is 0 Å². The third-order valence-electron chi connectivity index (χ3n) is 1.14. The van der Waals surface area contributed by atoms with E-state index in [2.05, 4.69) is 6.07 Å². The van der Waals surface area contributed by atoms with Crippen molar-refractivity contribution in [1.29, 1.82) is 10.7 Å². The van der Waals surface area contributed by atoms with Crippen LogP contribution in [0.25, 0.3) is 0 Å². The summed E-state index contributed by atoms with van der Waals surface area (Å²) in [5.41, 5.74) is 0. The van der Waals surface area contributed by atoms with Crippen LogP contribution in [0.15, 0.2) is 0 Å². The Kier molecular flexibility index (Phi) is 1.54. The maximum absolute atomic E-state index is 8.33. The quantitative estimate of drug-likeness (QED) is 0.530. The van der Waals surface area contributed by atoms with Gasteiger partial charge in [0.2, 0.25) is 0 Å². The molecule has 3 heteroatoms. The zero-order valence-electron chi connectivity index (χ0n) is 4.35. The van der Waals surface area contributed by atoms with Gasteiger partial charge in [-0.2, -0.15) is 5.26 Å². The van der Waals surface area contributed by atoms with E-state index in [9.17, 15) is 0 Å². The maximum atomic E-state index is 8.33. The third kappa shape index (κ3) is 0.846. The normalized spacial score (nSPS) is 27.9. The van der Waals surface area contributed by atoms with E-state index >= 15 is 0 Å². The summed E-state index contributed by atoms with van der Waals surface area (Å²) in [7, 11) is 0. The standard InChI is InChI=1S/C5H6N2S/c6-3-4-1-2-8-5(4)7/h4,7H,1-2H2. The Morgan fingerprint density at radius 1 is 1.88 bits per heavy atom.